The highest BCUT2D eigenvalue weighted by atomic mass is 16.5. The summed E-state index contributed by atoms with van der Waals surface area (Å²) in [5.41, 5.74) is 1.09. The smallest absolute Gasteiger partial charge is 0.492 e. The van der Waals surface area contributed by atoms with Gasteiger partial charge in [0.05, 0.1) is 14.2 Å². The first kappa shape index (κ1) is 10.9. The lowest BCUT2D eigenvalue weighted by atomic mass is 9.76. The lowest BCUT2D eigenvalue weighted by Gasteiger charge is -2.12. The van der Waals surface area contributed by atoms with Gasteiger partial charge in [-0.15, -0.1) is 0 Å². The van der Waals surface area contributed by atoms with Crippen LogP contribution in [-0.4, -0.2) is 31.4 Å². The van der Waals surface area contributed by atoms with Crippen molar-refractivity contribution in [2.45, 2.75) is 6.92 Å². The van der Waals surface area contributed by atoms with Crippen LogP contribution in [0, 0.1) is 6.92 Å². The van der Waals surface area contributed by atoms with Crippen LogP contribution in [0.25, 0.3) is 0 Å². The minimum Gasteiger partial charge on any atom is -0.497 e. The molecule has 1 rings (SSSR count). The van der Waals surface area contributed by atoms with E-state index in [9.17, 15) is 0 Å². The molecule has 0 bridgehead atoms. The van der Waals surface area contributed by atoms with Gasteiger partial charge in [0.15, 0.2) is 0 Å². The molecular formula is C9H13BO4. The summed E-state index contributed by atoms with van der Waals surface area (Å²) in [6.45, 7) is 1.76. The van der Waals surface area contributed by atoms with Crippen molar-refractivity contribution in [3.05, 3.63) is 17.7 Å². The highest BCUT2D eigenvalue weighted by molar-refractivity contribution is 6.60. The van der Waals surface area contributed by atoms with Crippen molar-refractivity contribution >= 4 is 12.6 Å². The van der Waals surface area contributed by atoms with Crippen molar-refractivity contribution in [3.63, 3.8) is 0 Å². The Hall–Kier alpha value is -1.20. The van der Waals surface area contributed by atoms with E-state index >= 15 is 0 Å². The Labute approximate surface area is 83.2 Å². The molecular weight excluding hydrogens is 183 g/mol. The van der Waals surface area contributed by atoms with Crippen LogP contribution in [0.4, 0.5) is 0 Å². The number of methoxy groups -OCH3 is 2. The molecule has 0 aliphatic carbocycles. The van der Waals surface area contributed by atoms with Gasteiger partial charge in [0.1, 0.15) is 11.5 Å². The molecule has 0 saturated carbocycles. The van der Waals surface area contributed by atoms with E-state index in [1.807, 2.05) is 0 Å². The first-order chi connectivity index (χ1) is 6.60. The molecule has 76 valence electrons. The molecule has 0 unspecified atom stereocenters. The molecule has 0 spiro atoms. The molecule has 4 nitrogen and oxygen atoms in total. The Balaban J connectivity index is 3.27. The van der Waals surface area contributed by atoms with E-state index in [1.165, 1.54) is 7.11 Å². The summed E-state index contributed by atoms with van der Waals surface area (Å²) < 4.78 is 10.1. The maximum Gasteiger partial charge on any atom is 0.492 e. The fraction of sp³-hybridized carbons (Fsp3) is 0.333. The van der Waals surface area contributed by atoms with Gasteiger partial charge in [0.25, 0.3) is 0 Å². The van der Waals surface area contributed by atoms with Gasteiger partial charge in [0.2, 0.25) is 0 Å². The summed E-state index contributed by atoms with van der Waals surface area (Å²) in [7, 11) is 1.49. The number of aryl methyl sites for hydroxylation is 1. The second-order valence-corrected chi connectivity index (χ2v) is 2.93. The Morgan fingerprint density at radius 2 is 1.79 bits per heavy atom. The quantitative estimate of drug-likeness (QED) is 0.651. The molecule has 0 aliphatic rings. The van der Waals surface area contributed by atoms with E-state index < -0.39 is 7.12 Å². The molecule has 0 amide bonds. The molecule has 5 heteroatoms. The average molecular weight is 196 g/mol. The van der Waals surface area contributed by atoms with Crippen molar-refractivity contribution in [1.29, 1.82) is 0 Å². The molecule has 0 saturated heterocycles. The minimum atomic E-state index is -1.53. The summed E-state index contributed by atoms with van der Waals surface area (Å²) in [5, 5.41) is 18.2. The third kappa shape index (κ3) is 2.00. The fourth-order valence-electron chi connectivity index (χ4n) is 1.35. The zero-order valence-corrected chi connectivity index (χ0v) is 8.44. The van der Waals surface area contributed by atoms with Gasteiger partial charge in [-0.1, -0.05) is 0 Å². The second kappa shape index (κ2) is 4.35. The molecule has 0 atom stereocenters. The summed E-state index contributed by atoms with van der Waals surface area (Å²) in [4.78, 5) is 0. The lowest BCUT2D eigenvalue weighted by molar-refractivity contribution is 0.389. The SMILES string of the molecule is COc1cc(C)c(B(O)O)c(OC)c1. The highest BCUT2D eigenvalue weighted by Gasteiger charge is 2.20. The van der Waals surface area contributed by atoms with Crippen LogP contribution >= 0.6 is 0 Å². The summed E-state index contributed by atoms with van der Waals surface area (Å²) in [6, 6.07) is 3.33. The molecule has 0 radical (unpaired) electrons. The van der Waals surface area contributed by atoms with Crippen molar-refractivity contribution in [2.24, 2.45) is 0 Å². The summed E-state index contributed by atoms with van der Waals surface area (Å²) in [6.07, 6.45) is 0. The van der Waals surface area contributed by atoms with Gasteiger partial charge < -0.3 is 19.5 Å². The van der Waals surface area contributed by atoms with E-state index in [2.05, 4.69) is 0 Å². The van der Waals surface area contributed by atoms with Gasteiger partial charge >= 0.3 is 7.12 Å². The van der Waals surface area contributed by atoms with Crippen molar-refractivity contribution < 1.29 is 19.5 Å². The molecule has 0 heterocycles. The predicted octanol–water partition coefficient (Wildman–Crippen LogP) is -0.308. The van der Waals surface area contributed by atoms with Crippen LogP contribution in [0.1, 0.15) is 5.56 Å². The molecule has 1 aromatic carbocycles. The molecule has 0 aromatic heterocycles. The Morgan fingerprint density at radius 1 is 1.14 bits per heavy atom. The summed E-state index contributed by atoms with van der Waals surface area (Å²) in [5.74, 6) is 1.04. The van der Waals surface area contributed by atoms with Crippen LogP contribution in [0.5, 0.6) is 11.5 Å². The van der Waals surface area contributed by atoms with Crippen LogP contribution in [0.3, 0.4) is 0 Å². The Kier molecular flexibility index (Phi) is 3.38. The van der Waals surface area contributed by atoms with Crippen LogP contribution < -0.4 is 14.9 Å². The van der Waals surface area contributed by atoms with Gasteiger partial charge in [-0.25, -0.2) is 0 Å². The predicted molar refractivity (Wildman–Crippen MR) is 54.1 cm³/mol. The maximum atomic E-state index is 9.11. The number of benzene rings is 1. The van der Waals surface area contributed by atoms with Crippen LogP contribution in [0.2, 0.25) is 0 Å². The summed E-state index contributed by atoms with van der Waals surface area (Å²) >= 11 is 0. The van der Waals surface area contributed by atoms with Gasteiger partial charge in [0, 0.05) is 11.5 Å². The van der Waals surface area contributed by atoms with E-state index in [0.717, 1.165) is 5.56 Å². The van der Waals surface area contributed by atoms with E-state index in [1.54, 1.807) is 26.2 Å². The first-order valence-corrected chi connectivity index (χ1v) is 4.18. The molecule has 1 aromatic rings. The minimum absolute atomic E-state index is 0.369. The topological polar surface area (TPSA) is 58.9 Å². The number of rotatable bonds is 3. The van der Waals surface area contributed by atoms with Crippen molar-refractivity contribution in [2.75, 3.05) is 14.2 Å². The van der Waals surface area contributed by atoms with E-state index in [0.29, 0.717) is 17.0 Å². The second-order valence-electron chi connectivity index (χ2n) is 2.93. The van der Waals surface area contributed by atoms with Crippen molar-refractivity contribution in [1.82, 2.24) is 0 Å². The van der Waals surface area contributed by atoms with Crippen LogP contribution in [0.15, 0.2) is 12.1 Å². The van der Waals surface area contributed by atoms with Crippen LogP contribution in [-0.2, 0) is 0 Å². The lowest BCUT2D eigenvalue weighted by Crippen LogP contribution is -2.33. The van der Waals surface area contributed by atoms with Gasteiger partial charge in [-0.3, -0.25) is 0 Å². The van der Waals surface area contributed by atoms with E-state index in [4.69, 9.17) is 19.5 Å². The molecule has 0 fully saturated rings. The Morgan fingerprint density at radius 3 is 2.21 bits per heavy atom. The standard InChI is InChI=1S/C9H13BO4/c1-6-4-7(13-2)5-8(14-3)9(6)10(11)12/h4-5,11-12H,1-3H3. The van der Waals surface area contributed by atoms with E-state index in [-0.39, 0.29) is 0 Å². The van der Waals surface area contributed by atoms with Gasteiger partial charge in [-0.2, -0.15) is 0 Å². The first-order valence-electron chi connectivity index (χ1n) is 4.18. The molecule has 0 aliphatic heterocycles. The third-order valence-electron chi connectivity index (χ3n) is 2.04. The largest absolute Gasteiger partial charge is 0.497 e. The number of hydrogen-bond donors (Lipinski definition) is 2. The molecule has 14 heavy (non-hydrogen) atoms. The number of ether oxygens (including phenoxy) is 2. The fourth-order valence-corrected chi connectivity index (χ4v) is 1.35. The zero-order chi connectivity index (χ0) is 10.7. The monoisotopic (exact) mass is 196 g/mol. The van der Waals surface area contributed by atoms with Crippen molar-refractivity contribution in [3.8, 4) is 11.5 Å². The zero-order valence-electron chi connectivity index (χ0n) is 8.44. The third-order valence-corrected chi connectivity index (χ3v) is 2.04. The molecule has 2 N–H and O–H groups in total. The van der Waals surface area contributed by atoms with Gasteiger partial charge in [-0.05, 0) is 18.6 Å². The maximum absolute atomic E-state index is 9.11. The number of hydrogen-bond acceptors (Lipinski definition) is 4. The normalized spacial score (nSPS) is 9.79. The average Bonchev–Trinajstić information content (AvgIpc) is 2.15. The highest BCUT2D eigenvalue weighted by Crippen LogP contribution is 2.20. The Bertz CT molecular complexity index is 325.